The van der Waals surface area contributed by atoms with E-state index in [4.69, 9.17) is 0 Å². The summed E-state index contributed by atoms with van der Waals surface area (Å²) in [5.74, 6) is 0.604. The van der Waals surface area contributed by atoms with Crippen molar-refractivity contribution in [2.45, 2.75) is 39.2 Å². The number of rotatable bonds is 4. The minimum absolute atomic E-state index is 0.190. The molecule has 1 aliphatic rings. The Hall–Kier alpha value is -1.65. The number of nitrogens with zero attached hydrogens (tertiary/aromatic N) is 2. The van der Waals surface area contributed by atoms with E-state index < -0.39 is 11.5 Å². The van der Waals surface area contributed by atoms with Crippen LogP contribution in [0.15, 0.2) is 6.07 Å². The van der Waals surface area contributed by atoms with Crippen LogP contribution in [0, 0.1) is 19.8 Å². The first-order valence-corrected chi connectivity index (χ1v) is 5.75. The van der Waals surface area contributed by atoms with Gasteiger partial charge in [0.05, 0.1) is 0 Å². The van der Waals surface area contributed by atoms with Crippen molar-refractivity contribution < 1.29 is 9.90 Å². The van der Waals surface area contributed by atoms with Crippen LogP contribution in [-0.2, 0) is 4.79 Å². The highest BCUT2D eigenvalue weighted by atomic mass is 16.4. The second-order valence-electron chi connectivity index (χ2n) is 4.85. The van der Waals surface area contributed by atoms with E-state index in [1.165, 1.54) is 0 Å². The van der Waals surface area contributed by atoms with E-state index in [-0.39, 0.29) is 5.92 Å². The Kier molecular flexibility index (Phi) is 2.77. The first-order valence-electron chi connectivity index (χ1n) is 5.75. The van der Waals surface area contributed by atoms with Crippen molar-refractivity contribution in [3.63, 3.8) is 0 Å². The number of carboxylic acid groups (broad SMARTS) is 1. The number of hydrogen-bond donors (Lipinski definition) is 2. The number of hydrogen-bond acceptors (Lipinski definition) is 4. The quantitative estimate of drug-likeness (QED) is 0.831. The summed E-state index contributed by atoms with van der Waals surface area (Å²) in [5.41, 5.74) is -0.0868. The summed E-state index contributed by atoms with van der Waals surface area (Å²) in [6.07, 6.45) is 1.91. The first kappa shape index (κ1) is 11.8. The Balaban J connectivity index is 2.26. The monoisotopic (exact) mass is 235 g/mol. The molecule has 1 aromatic rings. The molecule has 2 N–H and O–H groups in total. The molecule has 0 spiro atoms. The third-order valence-electron chi connectivity index (χ3n) is 3.19. The molecule has 0 bridgehead atoms. The third-order valence-corrected chi connectivity index (χ3v) is 3.19. The van der Waals surface area contributed by atoms with Gasteiger partial charge in [-0.1, -0.05) is 0 Å². The molecule has 0 aromatic carbocycles. The van der Waals surface area contributed by atoms with Crippen LogP contribution in [0.5, 0.6) is 0 Å². The number of carboxylic acids is 1. The standard InChI is InChI=1S/C12H17N3O2/c1-7-6-10(14-8(2)13-7)15-12(3,11(16)17)9-4-5-9/h6,9H,4-5H2,1-3H3,(H,16,17)(H,13,14,15). The van der Waals surface area contributed by atoms with E-state index in [1.807, 2.05) is 6.92 Å². The van der Waals surface area contributed by atoms with E-state index >= 15 is 0 Å². The number of aromatic nitrogens is 2. The molecule has 1 aliphatic carbocycles. The summed E-state index contributed by atoms with van der Waals surface area (Å²) in [5, 5.41) is 12.4. The van der Waals surface area contributed by atoms with Crippen LogP contribution in [0.4, 0.5) is 5.82 Å². The van der Waals surface area contributed by atoms with Crippen molar-refractivity contribution in [2.24, 2.45) is 5.92 Å². The fourth-order valence-electron chi connectivity index (χ4n) is 2.04. The molecule has 92 valence electrons. The minimum Gasteiger partial charge on any atom is -0.480 e. The van der Waals surface area contributed by atoms with Crippen LogP contribution in [0.25, 0.3) is 0 Å². The van der Waals surface area contributed by atoms with E-state index in [0.29, 0.717) is 11.6 Å². The summed E-state index contributed by atoms with van der Waals surface area (Å²) in [6.45, 7) is 5.39. The lowest BCUT2D eigenvalue weighted by atomic mass is 9.96. The molecule has 0 saturated heterocycles. The number of aryl methyl sites for hydroxylation is 2. The summed E-state index contributed by atoms with van der Waals surface area (Å²) < 4.78 is 0. The molecule has 0 amide bonds. The highest BCUT2D eigenvalue weighted by molar-refractivity contribution is 5.82. The van der Waals surface area contributed by atoms with Gasteiger partial charge in [-0.2, -0.15) is 0 Å². The lowest BCUT2D eigenvalue weighted by Gasteiger charge is -2.26. The predicted molar refractivity (Wildman–Crippen MR) is 63.9 cm³/mol. The number of anilines is 1. The molecule has 1 heterocycles. The van der Waals surface area contributed by atoms with Crippen LogP contribution in [0.1, 0.15) is 31.3 Å². The van der Waals surface area contributed by atoms with Crippen molar-refractivity contribution in [3.05, 3.63) is 17.6 Å². The van der Waals surface area contributed by atoms with Gasteiger partial charge < -0.3 is 10.4 Å². The Labute approximate surface area is 100 Å². The highest BCUT2D eigenvalue weighted by Gasteiger charge is 2.47. The van der Waals surface area contributed by atoms with Gasteiger partial charge in [0.1, 0.15) is 17.2 Å². The van der Waals surface area contributed by atoms with Gasteiger partial charge in [-0.3, -0.25) is 0 Å². The molecular formula is C12H17N3O2. The Morgan fingerprint density at radius 1 is 1.47 bits per heavy atom. The zero-order valence-corrected chi connectivity index (χ0v) is 10.3. The molecule has 17 heavy (non-hydrogen) atoms. The lowest BCUT2D eigenvalue weighted by molar-refractivity contribution is -0.142. The molecule has 2 rings (SSSR count). The maximum Gasteiger partial charge on any atom is 0.329 e. The summed E-state index contributed by atoms with van der Waals surface area (Å²) in [7, 11) is 0. The van der Waals surface area contributed by atoms with Gasteiger partial charge in [-0.05, 0) is 39.5 Å². The normalized spacial score (nSPS) is 18.5. The van der Waals surface area contributed by atoms with Crippen LogP contribution in [0.2, 0.25) is 0 Å². The zero-order chi connectivity index (χ0) is 12.6. The van der Waals surface area contributed by atoms with Crippen molar-refractivity contribution in [1.29, 1.82) is 0 Å². The fraction of sp³-hybridized carbons (Fsp3) is 0.583. The van der Waals surface area contributed by atoms with Gasteiger partial charge in [0.25, 0.3) is 0 Å². The fourth-order valence-corrected chi connectivity index (χ4v) is 2.04. The Morgan fingerprint density at radius 2 is 2.12 bits per heavy atom. The zero-order valence-electron chi connectivity index (χ0n) is 10.3. The molecule has 1 atom stereocenters. The van der Waals surface area contributed by atoms with Gasteiger partial charge in [0.15, 0.2) is 0 Å². The van der Waals surface area contributed by atoms with Crippen molar-refractivity contribution in [3.8, 4) is 0 Å². The topological polar surface area (TPSA) is 75.1 Å². The Morgan fingerprint density at radius 3 is 2.59 bits per heavy atom. The van der Waals surface area contributed by atoms with Crippen LogP contribution in [-0.4, -0.2) is 26.6 Å². The van der Waals surface area contributed by atoms with Crippen LogP contribution in [0.3, 0.4) is 0 Å². The lowest BCUT2D eigenvalue weighted by Crippen LogP contribution is -2.45. The Bertz CT molecular complexity index is 437. The largest absolute Gasteiger partial charge is 0.480 e. The maximum atomic E-state index is 11.4. The molecule has 0 radical (unpaired) electrons. The van der Waals surface area contributed by atoms with Crippen molar-refractivity contribution in [1.82, 2.24) is 9.97 Å². The highest BCUT2D eigenvalue weighted by Crippen LogP contribution is 2.41. The molecule has 0 aliphatic heterocycles. The van der Waals surface area contributed by atoms with E-state index in [9.17, 15) is 9.90 Å². The smallest absolute Gasteiger partial charge is 0.329 e. The van der Waals surface area contributed by atoms with Crippen LogP contribution >= 0.6 is 0 Å². The van der Waals surface area contributed by atoms with E-state index in [2.05, 4.69) is 15.3 Å². The summed E-state index contributed by atoms with van der Waals surface area (Å²) >= 11 is 0. The van der Waals surface area contributed by atoms with Crippen LogP contribution < -0.4 is 5.32 Å². The summed E-state index contributed by atoms with van der Waals surface area (Å²) in [4.78, 5) is 19.8. The number of aliphatic carboxylic acids is 1. The SMILES string of the molecule is Cc1cc(NC(C)(C(=O)O)C2CC2)nc(C)n1. The molecule has 5 nitrogen and oxygen atoms in total. The first-order chi connectivity index (χ1) is 7.91. The van der Waals surface area contributed by atoms with Gasteiger partial charge >= 0.3 is 5.97 Å². The molecular weight excluding hydrogens is 218 g/mol. The molecule has 1 saturated carbocycles. The second kappa shape index (κ2) is 3.98. The molecule has 1 unspecified atom stereocenters. The molecule has 1 aromatic heterocycles. The maximum absolute atomic E-state index is 11.4. The summed E-state index contributed by atoms with van der Waals surface area (Å²) in [6, 6.07) is 1.77. The van der Waals surface area contributed by atoms with Gasteiger partial charge in [0.2, 0.25) is 0 Å². The minimum atomic E-state index is -0.923. The second-order valence-corrected chi connectivity index (χ2v) is 4.85. The number of carbonyl (C=O) groups is 1. The van der Waals surface area contributed by atoms with Gasteiger partial charge in [-0.25, -0.2) is 14.8 Å². The van der Waals surface area contributed by atoms with E-state index in [1.54, 1.807) is 19.9 Å². The average Bonchev–Trinajstić information content (AvgIpc) is 2.97. The van der Waals surface area contributed by atoms with Crippen molar-refractivity contribution >= 4 is 11.8 Å². The molecule has 5 heteroatoms. The third kappa shape index (κ3) is 2.38. The van der Waals surface area contributed by atoms with E-state index in [0.717, 1.165) is 18.5 Å². The average molecular weight is 235 g/mol. The van der Waals surface area contributed by atoms with Gasteiger partial charge in [0, 0.05) is 11.8 Å². The molecule has 1 fully saturated rings. The number of nitrogens with one attached hydrogen (secondary N) is 1. The van der Waals surface area contributed by atoms with Crippen molar-refractivity contribution in [2.75, 3.05) is 5.32 Å². The van der Waals surface area contributed by atoms with Gasteiger partial charge in [-0.15, -0.1) is 0 Å². The predicted octanol–water partition coefficient (Wildman–Crippen LogP) is 1.76.